The summed E-state index contributed by atoms with van der Waals surface area (Å²) in [5, 5.41) is 0. The molecule has 0 atom stereocenters. The van der Waals surface area contributed by atoms with Crippen molar-refractivity contribution in [2.24, 2.45) is 0 Å². The van der Waals surface area contributed by atoms with Gasteiger partial charge in [-0.15, -0.1) is 0 Å². The van der Waals surface area contributed by atoms with Gasteiger partial charge in [0.25, 0.3) is 5.91 Å². The van der Waals surface area contributed by atoms with Crippen molar-refractivity contribution < 1.29 is 9.59 Å². The summed E-state index contributed by atoms with van der Waals surface area (Å²) in [7, 11) is 0. The molecule has 0 bridgehead atoms. The molecular formula is C24H24N2O2. The first-order chi connectivity index (χ1) is 13.7. The minimum absolute atomic E-state index is 0.0360. The number of nitrogens with one attached hydrogen (secondary N) is 1. The third kappa shape index (κ3) is 3.77. The van der Waals surface area contributed by atoms with E-state index in [2.05, 4.69) is 4.98 Å². The molecular weight excluding hydrogens is 348 g/mol. The van der Waals surface area contributed by atoms with E-state index in [0.29, 0.717) is 23.1 Å². The number of H-pyrrole nitrogens is 1. The standard InChI is InChI=1S/C24H24N2O2/c27-23(19-12-6-2-7-13-19)20-17-25-21(16-18-10-4-1-5-11-18)22(20)24(28)26-14-8-3-9-15-26/h1-2,4-7,10-13,17,25H,3,8-9,14-16H2. The molecule has 1 amide bonds. The molecule has 1 saturated heterocycles. The first-order valence-corrected chi connectivity index (χ1v) is 9.87. The van der Waals surface area contributed by atoms with Crippen molar-refractivity contribution in [2.75, 3.05) is 13.1 Å². The van der Waals surface area contributed by atoms with Gasteiger partial charge in [0, 0.05) is 37.0 Å². The maximum atomic E-state index is 13.4. The molecule has 2 aromatic carbocycles. The van der Waals surface area contributed by atoms with Gasteiger partial charge < -0.3 is 9.88 Å². The summed E-state index contributed by atoms with van der Waals surface area (Å²) in [5.41, 5.74) is 3.50. The lowest BCUT2D eigenvalue weighted by Gasteiger charge is -2.27. The van der Waals surface area contributed by atoms with Gasteiger partial charge in [-0.3, -0.25) is 9.59 Å². The molecule has 1 aliphatic heterocycles. The van der Waals surface area contributed by atoms with Crippen molar-refractivity contribution in [3.63, 3.8) is 0 Å². The normalized spacial score (nSPS) is 14.1. The molecule has 0 spiro atoms. The topological polar surface area (TPSA) is 53.2 Å². The van der Waals surface area contributed by atoms with E-state index >= 15 is 0 Å². The fourth-order valence-corrected chi connectivity index (χ4v) is 3.83. The molecule has 2 heterocycles. The van der Waals surface area contributed by atoms with Crippen LogP contribution < -0.4 is 0 Å². The first-order valence-electron chi connectivity index (χ1n) is 9.87. The molecule has 1 aliphatic rings. The van der Waals surface area contributed by atoms with E-state index in [1.54, 1.807) is 18.3 Å². The molecule has 28 heavy (non-hydrogen) atoms. The molecule has 4 nitrogen and oxygen atoms in total. The molecule has 0 radical (unpaired) electrons. The quantitative estimate of drug-likeness (QED) is 0.672. The minimum atomic E-state index is -0.114. The molecule has 1 aromatic heterocycles. The second kappa shape index (κ2) is 8.26. The molecule has 0 aliphatic carbocycles. The molecule has 0 unspecified atom stereocenters. The van der Waals surface area contributed by atoms with E-state index in [9.17, 15) is 9.59 Å². The number of carbonyl (C=O) groups excluding carboxylic acids is 2. The summed E-state index contributed by atoms with van der Waals surface area (Å²) in [6.07, 6.45) is 5.49. The van der Waals surface area contributed by atoms with E-state index in [4.69, 9.17) is 0 Å². The first kappa shape index (κ1) is 18.2. The minimum Gasteiger partial charge on any atom is -0.363 e. The Morgan fingerprint density at radius 1 is 0.857 bits per heavy atom. The Balaban J connectivity index is 1.73. The molecule has 4 heteroatoms. The fraction of sp³-hybridized carbons (Fsp3) is 0.250. The summed E-state index contributed by atoms with van der Waals surface area (Å²) in [6.45, 7) is 1.52. The maximum absolute atomic E-state index is 13.4. The summed E-state index contributed by atoms with van der Waals surface area (Å²) in [6, 6.07) is 19.2. The zero-order valence-corrected chi connectivity index (χ0v) is 15.9. The van der Waals surface area contributed by atoms with Gasteiger partial charge in [0.05, 0.1) is 11.1 Å². The second-order valence-corrected chi connectivity index (χ2v) is 7.27. The SMILES string of the molecule is O=C(c1ccccc1)c1c[nH]c(Cc2ccccc2)c1C(=O)N1CCCCC1. The van der Waals surface area contributed by atoms with Crippen LogP contribution >= 0.6 is 0 Å². The smallest absolute Gasteiger partial charge is 0.256 e. The van der Waals surface area contributed by atoms with Crippen molar-refractivity contribution in [3.05, 3.63) is 94.8 Å². The average molecular weight is 372 g/mol. The highest BCUT2D eigenvalue weighted by Gasteiger charge is 2.28. The molecule has 1 fully saturated rings. The number of aromatic nitrogens is 1. The van der Waals surface area contributed by atoms with Crippen molar-refractivity contribution in [1.82, 2.24) is 9.88 Å². The molecule has 3 aromatic rings. The van der Waals surface area contributed by atoms with Crippen LogP contribution in [0.25, 0.3) is 0 Å². The van der Waals surface area contributed by atoms with Crippen LogP contribution in [0.3, 0.4) is 0 Å². The van der Waals surface area contributed by atoms with Gasteiger partial charge in [0.1, 0.15) is 0 Å². The van der Waals surface area contributed by atoms with E-state index in [-0.39, 0.29) is 11.7 Å². The van der Waals surface area contributed by atoms with Crippen LogP contribution in [-0.2, 0) is 6.42 Å². The van der Waals surface area contributed by atoms with Crippen LogP contribution in [-0.4, -0.2) is 34.7 Å². The van der Waals surface area contributed by atoms with Gasteiger partial charge in [-0.25, -0.2) is 0 Å². The van der Waals surface area contributed by atoms with Crippen LogP contribution in [0.2, 0.25) is 0 Å². The van der Waals surface area contributed by atoms with Crippen molar-refractivity contribution in [3.8, 4) is 0 Å². The lowest BCUT2D eigenvalue weighted by Crippen LogP contribution is -2.36. The number of piperidine rings is 1. The van der Waals surface area contributed by atoms with E-state index in [1.807, 2.05) is 53.4 Å². The largest absolute Gasteiger partial charge is 0.363 e. The monoisotopic (exact) mass is 372 g/mol. The Morgan fingerprint density at radius 2 is 1.50 bits per heavy atom. The number of aromatic amines is 1. The maximum Gasteiger partial charge on any atom is 0.256 e. The summed E-state index contributed by atoms with van der Waals surface area (Å²) < 4.78 is 0. The summed E-state index contributed by atoms with van der Waals surface area (Å²) in [4.78, 5) is 31.6. The molecule has 4 rings (SSSR count). The fourth-order valence-electron chi connectivity index (χ4n) is 3.83. The number of hydrogen-bond donors (Lipinski definition) is 1. The van der Waals surface area contributed by atoms with Gasteiger partial charge in [0.15, 0.2) is 5.78 Å². The number of carbonyl (C=O) groups is 2. The van der Waals surface area contributed by atoms with Gasteiger partial charge in [-0.1, -0.05) is 60.7 Å². The average Bonchev–Trinajstić information content (AvgIpc) is 3.18. The number of nitrogens with zero attached hydrogens (tertiary/aromatic N) is 1. The second-order valence-electron chi connectivity index (χ2n) is 7.27. The van der Waals surface area contributed by atoms with Crippen molar-refractivity contribution >= 4 is 11.7 Å². The highest BCUT2D eigenvalue weighted by molar-refractivity contribution is 6.15. The number of amides is 1. The third-order valence-electron chi connectivity index (χ3n) is 5.32. The number of ketones is 1. The Bertz CT molecular complexity index is 955. The zero-order chi connectivity index (χ0) is 19.3. The lowest BCUT2D eigenvalue weighted by atomic mass is 9.97. The van der Waals surface area contributed by atoms with Gasteiger partial charge in [0.2, 0.25) is 0 Å². The Labute approximate surface area is 165 Å². The van der Waals surface area contributed by atoms with Crippen LogP contribution in [0.1, 0.15) is 56.8 Å². The van der Waals surface area contributed by atoms with E-state index in [1.165, 1.54) is 0 Å². The van der Waals surface area contributed by atoms with Crippen LogP contribution in [0.5, 0.6) is 0 Å². The highest BCUT2D eigenvalue weighted by atomic mass is 16.2. The van der Waals surface area contributed by atoms with Gasteiger partial charge in [-0.2, -0.15) is 0 Å². The van der Waals surface area contributed by atoms with Crippen molar-refractivity contribution in [1.29, 1.82) is 0 Å². The zero-order valence-electron chi connectivity index (χ0n) is 15.9. The Hall–Kier alpha value is -3.14. The van der Waals surface area contributed by atoms with Crippen LogP contribution in [0.15, 0.2) is 66.9 Å². The molecule has 142 valence electrons. The predicted molar refractivity (Wildman–Crippen MR) is 110 cm³/mol. The third-order valence-corrected chi connectivity index (χ3v) is 5.32. The van der Waals surface area contributed by atoms with Crippen LogP contribution in [0.4, 0.5) is 0 Å². The molecule has 0 saturated carbocycles. The predicted octanol–water partition coefficient (Wildman–Crippen LogP) is 4.46. The Kier molecular flexibility index (Phi) is 5.38. The Morgan fingerprint density at radius 3 is 2.18 bits per heavy atom. The van der Waals surface area contributed by atoms with Gasteiger partial charge >= 0.3 is 0 Å². The summed E-state index contributed by atoms with van der Waals surface area (Å²) in [5.74, 6) is -0.150. The number of benzene rings is 2. The molecule has 1 N–H and O–H groups in total. The lowest BCUT2D eigenvalue weighted by molar-refractivity contribution is 0.0720. The number of rotatable bonds is 5. The highest BCUT2D eigenvalue weighted by Crippen LogP contribution is 2.24. The van der Waals surface area contributed by atoms with E-state index < -0.39 is 0 Å². The van der Waals surface area contributed by atoms with Gasteiger partial charge in [-0.05, 0) is 24.8 Å². The van der Waals surface area contributed by atoms with Crippen LogP contribution in [0, 0.1) is 0 Å². The number of likely N-dealkylation sites (tertiary alicyclic amines) is 1. The number of hydrogen-bond acceptors (Lipinski definition) is 2. The van der Waals surface area contributed by atoms with E-state index in [0.717, 1.165) is 43.6 Å². The summed E-state index contributed by atoms with van der Waals surface area (Å²) >= 11 is 0. The van der Waals surface area contributed by atoms with Crippen molar-refractivity contribution in [2.45, 2.75) is 25.7 Å².